The summed E-state index contributed by atoms with van der Waals surface area (Å²) in [5, 5.41) is 8.62. The topological polar surface area (TPSA) is 29.5 Å². The standard InChI is InChI=1S/C10H20O2/c1-9-5-4-8-12-10(9)6-2-3-7-11/h9-11H,2-8H2,1H3/t9-,10+/m1/s1. The first kappa shape index (κ1) is 10.0. The van der Waals surface area contributed by atoms with Crippen LogP contribution in [0.25, 0.3) is 0 Å². The van der Waals surface area contributed by atoms with Crippen LogP contribution in [0.4, 0.5) is 0 Å². The zero-order valence-corrected chi connectivity index (χ0v) is 7.96. The van der Waals surface area contributed by atoms with E-state index in [0.717, 1.165) is 31.8 Å². The lowest BCUT2D eigenvalue weighted by Crippen LogP contribution is -2.27. The molecule has 72 valence electrons. The fraction of sp³-hybridized carbons (Fsp3) is 1.00. The van der Waals surface area contributed by atoms with Crippen molar-refractivity contribution in [1.82, 2.24) is 0 Å². The molecule has 2 atom stereocenters. The van der Waals surface area contributed by atoms with Gasteiger partial charge in [-0.15, -0.1) is 0 Å². The molecule has 2 heteroatoms. The molecule has 0 spiro atoms. The average molecular weight is 172 g/mol. The van der Waals surface area contributed by atoms with Crippen molar-refractivity contribution in [3.8, 4) is 0 Å². The summed E-state index contributed by atoms with van der Waals surface area (Å²) < 4.78 is 5.66. The predicted molar refractivity (Wildman–Crippen MR) is 49.1 cm³/mol. The summed E-state index contributed by atoms with van der Waals surface area (Å²) in [7, 11) is 0. The Bertz CT molecular complexity index is 114. The highest BCUT2D eigenvalue weighted by atomic mass is 16.5. The molecule has 1 N–H and O–H groups in total. The minimum atomic E-state index is 0.321. The van der Waals surface area contributed by atoms with E-state index in [1.54, 1.807) is 0 Å². The molecule has 1 heterocycles. The van der Waals surface area contributed by atoms with Crippen LogP contribution in [-0.4, -0.2) is 24.4 Å². The molecule has 0 saturated carbocycles. The van der Waals surface area contributed by atoms with Crippen molar-refractivity contribution in [2.45, 2.75) is 45.1 Å². The quantitative estimate of drug-likeness (QED) is 0.657. The summed E-state index contributed by atoms with van der Waals surface area (Å²) in [6.07, 6.45) is 6.15. The van der Waals surface area contributed by atoms with Crippen molar-refractivity contribution in [1.29, 1.82) is 0 Å². The maximum atomic E-state index is 8.62. The summed E-state index contributed by atoms with van der Waals surface area (Å²) in [5.74, 6) is 0.720. The van der Waals surface area contributed by atoms with Gasteiger partial charge in [0.1, 0.15) is 0 Å². The van der Waals surface area contributed by atoms with Crippen molar-refractivity contribution in [3.63, 3.8) is 0 Å². The van der Waals surface area contributed by atoms with Gasteiger partial charge in [-0.1, -0.05) is 6.92 Å². The maximum Gasteiger partial charge on any atom is 0.0600 e. The summed E-state index contributed by atoms with van der Waals surface area (Å²) in [4.78, 5) is 0. The van der Waals surface area contributed by atoms with E-state index < -0.39 is 0 Å². The van der Waals surface area contributed by atoms with Gasteiger partial charge in [0.05, 0.1) is 6.10 Å². The second kappa shape index (κ2) is 5.55. The molecule has 1 rings (SSSR count). The monoisotopic (exact) mass is 172 g/mol. The third-order valence-electron chi connectivity index (χ3n) is 2.67. The molecule has 0 bridgehead atoms. The third kappa shape index (κ3) is 3.11. The van der Waals surface area contributed by atoms with E-state index in [0.29, 0.717) is 12.7 Å². The number of hydrogen-bond acceptors (Lipinski definition) is 2. The molecule has 2 nitrogen and oxygen atoms in total. The van der Waals surface area contributed by atoms with Crippen LogP contribution < -0.4 is 0 Å². The van der Waals surface area contributed by atoms with E-state index in [2.05, 4.69) is 6.92 Å². The molecule has 1 aliphatic heterocycles. The van der Waals surface area contributed by atoms with Crippen LogP contribution in [0.3, 0.4) is 0 Å². The Hall–Kier alpha value is -0.0800. The molecule has 0 aliphatic carbocycles. The van der Waals surface area contributed by atoms with Gasteiger partial charge in [-0.25, -0.2) is 0 Å². The Morgan fingerprint density at radius 3 is 2.92 bits per heavy atom. The Morgan fingerprint density at radius 1 is 1.42 bits per heavy atom. The van der Waals surface area contributed by atoms with Crippen molar-refractivity contribution in [2.24, 2.45) is 5.92 Å². The smallest absolute Gasteiger partial charge is 0.0600 e. The van der Waals surface area contributed by atoms with Gasteiger partial charge in [0, 0.05) is 13.2 Å². The van der Waals surface area contributed by atoms with Gasteiger partial charge in [0.2, 0.25) is 0 Å². The number of unbranched alkanes of at least 4 members (excludes halogenated alkanes) is 1. The van der Waals surface area contributed by atoms with E-state index in [9.17, 15) is 0 Å². The Morgan fingerprint density at radius 2 is 2.25 bits per heavy atom. The lowest BCUT2D eigenvalue weighted by molar-refractivity contribution is -0.0262. The highest BCUT2D eigenvalue weighted by Gasteiger charge is 2.20. The molecule has 0 aromatic carbocycles. The van der Waals surface area contributed by atoms with Gasteiger partial charge in [0.15, 0.2) is 0 Å². The van der Waals surface area contributed by atoms with Crippen molar-refractivity contribution >= 4 is 0 Å². The second-order valence-electron chi connectivity index (χ2n) is 3.75. The van der Waals surface area contributed by atoms with Crippen LogP contribution in [0.2, 0.25) is 0 Å². The number of aliphatic hydroxyl groups is 1. The molecule has 0 amide bonds. The van der Waals surface area contributed by atoms with E-state index >= 15 is 0 Å². The van der Waals surface area contributed by atoms with Gasteiger partial charge in [-0.2, -0.15) is 0 Å². The minimum absolute atomic E-state index is 0.321. The zero-order chi connectivity index (χ0) is 8.81. The number of rotatable bonds is 4. The summed E-state index contributed by atoms with van der Waals surface area (Å²) >= 11 is 0. The van der Waals surface area contributed by atoms with E-state index in [1.165, 1.54) is 12.8 Å². The van der Waals surface area contributed by atoms with Crippen LogP contribution in [0.1, 0.15) is 39.0 Å². The number of ether oxygens (including phenoxy) is 1. The van der Waals surface area contributed by atoms with E-state index in [4.69, 9.17) is 9.84 Å². The molecule has 12 heavy (non-hydrogen) atoms. The van der Waals surface area contributed by atoms with Gasteiger partial charge in [0.25, 0.3) is 0 Å². The van der Waals surface area contributed by atoms with Gasteiger partial charge < -0.3 is 9.84 Å². The van der Waals surface area contributed by atoms with Crippen LogP contribution in [0.5, 0.6) is 0 Å². The van der Waals surface area contributed by atoms with Gasteiger partial charge >= 0.3 is 0 Å². The van der Waals surface area contributed by atoms with Crippen LogP contribution in [0, 0.1) is 5.92 Å². The second-order valence-corrected chi connectivity index (χ2v) is 3.75. The molecule has 1 fully saturated rings. The Balaban J connectivity index is 2.11. The molecule has 0 aromatic heterocycles. The maximum absolute atomic E-state index is 8.62. The summed E-state index contributed by atoms with van der Waals surface area (Å²) in [6, 6.07) is 0. The number of aliphatic hydroxyl groups excluding tert-OH is 1. The molecule has 0 unspecified atom stereocenters. The normalized spacial score (nSPS) is 30.5. The lowest BCUT2D eigenvalue weighted by atomic mass is 9.93. The van der Waals surface area contributed by atoms with Gasteiger partial charge in [-0.3, -0.25) is 0 Å². The van der Waals surface area contributed by atoms with E-state index in [1.807, 2.05) is 0 Å². The van der Waals surface area contributed by atoms with Crippen LogP contribution in [-0.2, 0) is 4.74 Å². The average Bonchev–Trinajstić information content (AvgIpc) is 2.09. The first-order valence-electron chi connectivity index (χ1n) is 5.07. The summed E-state index contributed by atoms with van der Waals surface area (Å²) in [5.41, 5.74) is 0. The first-order valence-corrected chi connectivity index (χ1v) is 5.07. The van der Waals surface area contributed by atoms with Crippen molar-refractivity contribution in [2.75, 3.05) is 13.2 Å². The molecule has 1 aliphatic rings. The molecule has 0 aromatic rings. The fourth-order valence-corrected chi connectivity index (χ4v) is 1.82. The van der Waals surface area contributed by atoms with E-state index in [-0.39, 0.29) is 0 Å². The lowest BCUT2D eigenvalue weighted by Gasteiger charge is -2.29. The minimum Gasteiger partial charge on any atom is -0.396 e. The largest absolute Gasteiger partial charge is 0.396 e. The van der Waals surface area contributed by atoms with Crippen molar-refractivity contribution in [3.05, 3.63) is 0 Å². The summed E-state index contributed by atoms with van der Waals surface area (Å²) in [6.45, 7) is 3.53. The third-order valence-corrected chi connectivity index (χ3v) is 2.67. The highest BCUT2D eigenvalue weighted by molar-refractivity contribution is 4.70. The van der Waals surface area contributed by atoms with Crippen LogP contribution >= 0.6 is 0 Å². The number of hydrogen-bond donors (Lipinski definition) is 1. The van der Waals surface area contributed by atoms with Crippen molar-refractivity contribution < 1.29 is 9.84 Å². The SMILES string of the molecule is C[C@@H]1CCCO[C@H]1CCCCO. The predicted octanol–water partition coefficient (Wildman–Crippen LogP) is 1.96. The molecule has 0 radical (unpaired) electrons. The molecular formula is C10H20O2. The molecule has 1 saturated heterocycles. The molecular weight excluding hydrogens is 152 g/mol. The Labute approximate surface area is 74.9 Å². The first-order chi connectivity index (χ1) is 5.84. The zero-order valence-electron chi connectivity index (χ0n) is 7.96. The Kier molecular flexibility index (Phi) is 4.62. The van der Waals surface area contributed by atoms with Crippen LogP contribution in [0.15, 0.2) is 0 Å². The van der Waals surface area contributed by atoms with Gasteiger partial charge in [-0.05, 0) is 38.0 Å². The fourth-order valence-electron chi connectivity index (χ4n) is 1.82. The highest BCUT2D eigenvalue weighted by Crippen LogP contribution is 2.23.